The number of hydrogen-bond acceptors (Lipinski definition) is 5. The fourth-order valence-corrected chi connectivity index (χ4v) is 4.38. The predicted octanol–water partition coefficient (Wildman–Crippen LogP) is 5.43. The number of rotatable bonds is 6. The molecule has 6 heteroatoms. The van der Waals surface area contributed by atoms with Crippen LogP contribution in [-0.4, -0.2) is 28.7 Å². The van der Waals surface area contributed by atoms with Gasteiger partial charge >= 0.3 is 0 Å². The third-order valence-corrected chi connectivity index (χ3v) is 6.08. The van der Waals surface area contributed by atoms with Crippen molar-refractivity contribution in [3.05, 3.63) is 83.0 Å². The van der Waals surface area contributed by atoms with E-state index in [4.69, 9.17) is 16.6 Å². The lowest BCUT2D eigenvalue weighted by molar-refractivity contribution is -0.122. The molecule has 2 heterocycles. The van der Waals surface area contributed by atoms with Crippen LogP contribution in [0.25, 0.3) is 17.4 Å². The number of amides is 1. The van der Waals surface area contributed by atoms with Crippen molar-refractivity contribution in [3.8, 4) is 11.3 Å². The Hall–Kier alpha value is -2.83. The van der Waals surface area contributed by atoms with E-state index in [0.717, 1.165) is 23.4 Å². The van der Waals surface area contributed by atoms with Gasteiger partial charge in [0.25, 0.3) is 5.91 Å². The summed E-state index contributed by atoms with van der Waals surface area (Å²) < 4.78 is 6.52. The third-order valence-electron chi connectivity index (χ3n) is 4.70. The molecular formula is C23H20N2O2S2. The number of thiocarbonyl (C=S) groups is 1. The largest absolute Gasteiger partial charge is 0.457 e. The molecule has 1 aliphatic heterocycles. The van der Waals surface area contributed by atoms with Gasteiger partial charge in [-0.15, -0.1) is 0 Å². The topological polar surface area (TPSA) is 45.5 Å². The summed E-state index contributed by atoms with van der Waals surface area (Å²) in [7, 11) is 1.88. The first-order valence-corrected chi connectivity index (χ1v) is 10.5. The van der Waals surface area contributed by atoms with Gasteiger partial charge in [0, 0.05) is 30.9 Å². The van der Waals surface area contributed by atoms with E-state index < -0.39 is 0 Å². The molecule has 4 nitrogen and oxygen atoms in total. The highest BCUT2D eigenvalue weighted by molar-refractivity contribution is 8.26. The number of benzene rings is 2. The van der Waals surface area contributed by atoms with Gasteiger partial charge in [0.15, 0.2) is 0 Å². The number of nitrogens with zero attached hydrogens (tertiary/aromatic N) is 1. The molecule has 0 radical (unpaired) electrons. The van der Waals surface area contributed by atoms with Crippen LogP contribution in [0.2, 0.25) is 0 Å². The SMILES string of the molecule is CNc1ccc(-c2ccc(/C=C3\SC(=S)N(CCc4ccccc4)C3=O)o2)cc1. The number of carbonyl (C=O) groups excluding carboxylic acids is 1. The maximum Gasteiger partial charge on any atom is 0.266 e. The van der Waals surface area contributed by atoms with Gasteiger partial charge < -0.3 is 9.73 Å². The van der Waals surface area contributed by atoms with Crippen molar-refractivity contribution in [2.45, 2.75) is 6.42 Å². The second-order valence-corrected chi connectivity index (χ2v) is 8.27. The van der Waals surface area contributed by atoms with Gasteiger partial charge in [-0.1, -0.05) is 54.3 Å². The number of furan rings is 1. The van der Waals surface area contributed by atoms with E-state index in [-0.39, 0.29) is 5.91 Å². The van der Waals surface area contributed by atoms with E-state index in [1.165, 1.54) is 17.3 Å². The van der Waals surface area contributed by atoms with Gasteiger partial charge in [0.1, 0.15) is 15.8 Å². The van der Waals surface area contributed by atoms with Crippen LogP contribution in [0.4, 0.5) is 5.69 Å². The van der Waals surface area contributed by atoms with E-state index in [1.54, 1.807) is 11.0 Å². The summed E-state index contributed by atoms with van der Waals surface area (Å²) in [4.78, 5) is 15.0. The Morgan fingerprint density at radius 2 is 1.83 bits per heavy atom. The quantitative estimate of drug-likeness (QED) is 0.425. The molecule has 146 valence electrons. The lowest BCUT2D eigenvalue weighted by Crippen LogP contribution is -2.30. The average Bonchev–Trinajstić information content (AvgIpc) is 3.32. The first-order chi connectivity index (χ1) is 14.1. The first-order valence-electron chi connectivity index (χ1n) is 9.31. The monoisotopic (exact) mass is 420 g/mol. The zero-order valence-corrected chi connectivity index (χ0v) is 17.6. The van der Waals surface area contributed by atoms with Crippen LogP contribution in [0.5, 0.6) is 0 Å². The van der Waals surface area contributed by atoms with E-state index in [0.29, 0.717) is 21.5 Å². The van der Waals surface area contributed by atoms with E-state index in [9.17, 15) is 4.79 Å². The first kappa shape index (κ1) is 19.5. The van der Waals surface area contributed by atoms with Crippen LogP contribution in [0.3, 0.4) is 0 Å². The van der Waals surface area contributed by atoms with Crippen molar-refractivity contribution < 1.29 is 9.21 Å². The minimum atomic E-state index is -0.0627. The fraction of sp³-hybridized carbons (Fsp3) is 0.130. The van der Waals surface area contributed by atoms with Crippen molar-refractivity contribution in [2.75, 3.05) is 18.9 Å². The van der Waals surface area contributed by atoms with Gasteiger partial charge in [-0.05, 0) is 48.4 Å². The molecule has 0 unspecified atom stereocenters. The lowest BCUT2D eigenvalue weighted by atomic mass is 10.1. The zero-order chi connectivity index (χ0) is 20.2. The molecule has 2 aromatic carbocycles. The maximum absolute atomic E-state index is 12.8. The summed E-state index contributed by atoms with van der Waals surface area (Å²) in [6.07, 6.45) is 2.54. The van der Waals surface area contributed by atoms with Crippen LogP contribution in [0.15, 0.2) is 76.1 Å². The van der Waals surface area contributed by atoms with E-state index in [2.05, 4.69) is 17.4 Å². The molecule has 29 heavy (non-hydrogen) atoms. The number of carbonyl (C=O) groups is 1. The fourth-order valence-electron chi connectivity index (χ4n) is 3.09. The minimum Gasteiger partial charge on any atom is -0.457 e. The third kappa shape index (κ3) is 4.44. The molecule has 1 fully saturated rings. The number of hydrogen-bond donors (Lipinski definition) is 1. The Kier molecular flexibility index (Phi) is 5.83. The summed E-state index contributed by atoms with van der Waals surface area (Å²) in [6, 6.07) is 21.9. The minimum absolute atomic E-state index is 0.0627. The molecule has 4 rings (SSSR count). The van der Waals surface area contributed by atoms with Crippen LogP contribution in [-0.2, 0) is 11.2 Å². The molecule has 3 aromatic rings. The summed E-state index contributed by atoms with van der Waals surface area (Å²) in [5, 5.41) is 3.10. The molecule has 0 saturated carbocycles. The van der Waals surface area contributed by atoms with Gasteiger partial charge in [0.05, 0.1) is 4.91 Å². The van der Waals surface area contributed by atoms with Gasteiger partial charge in [0.2, 0.25) is 0 Å². The summed E-state index contributed by atoms with van der Waals surface area (Å²) in [5.74, 6) is 1.34. The Bertz CT molecular complexity index is 1060. The number of anilines is 1. The Morgan fingerprint density at radius 1 is 1.07 bits per heavy atom. The van der Waals surface area contributed by atoms with Crippen LogP contribution < -0.4 is 5.32 Å². The van der Waals surface area contributed by atoms with Crippen LogP contribution in [0, 0.1) is 0 Å². The highest BCUT2D eigenvalue weighted by Crippen LogP contribution is 2.33. The van der Waals surface area contributed by atoms with E-state index in [1.807, 2.05) is 61.6 Å². The van der Waals surface area contributed by atoms with E-state index >= 15 is 0 Å². The van der Waals surface area contributed by atoms with Crippen molar-refractivity contribution in [1.29, 1.82) is 0 Å². The Labute approximate surface area is 179 Å². The lowest BCUT2D eigenvalue weighted by Gasteiger charge is -2.14. The molecule has 0 atom stereocenters. The average molecular weight is 421 g/mol. The highest BCUT2D eigenvalue weighted by atomic mass is 32.2. The molecule has 0 bridgehead atoms. The van der Waals surface area contributed by atoms with Crippen molar-refractivity contribution in [3.63, 3.8) is 0 Å². The van der Waals surface area contributed by atoms with Crippen molar-refractivity contribution in [2.24, 2.45) is 0 Å². The number of nitrogens with one attached hydrogen (secondary N) is 1. The van der Waals surface area contributed by atoms with Gasteiger partial charge in [-0.25, -0.2) is 0 Å². The van der Waals surface area contributed by atoms with Crippen molar-refractivity contribution in [1.82, 2.24) is 4.90 Å². The molecule has 0 aliphatic carbocycles. The van der Waals surface area contributed by atoms with Gasteiger partial charge in [-0.3, -0.25) is 9.69 Å². The van der Waals surface area contributed by atoms with Gasteiger partial charge in [-0.2, -0.15) is 0 Å². The maximum atomic E-state index is 12.8. The molecule has 1 amide bonds. The van der Waals surface area contributed by atoms with Crippen LogP contribution >= 0.6 is 24.0 Å². The molecule has 1 aliphatic rings. The summed E-state index contributed by atoms with van der Waals surface area (Å²) >= 11 is 6.74. The molecule has 1 saturated heterocycles. The smallest absolute Gasteiger partial charge is 0.266 e. The Morgan fingerprint density at radius 3 is 2.55 bits per heavy atom. The molecule has 1 N–H and O–H groups in total. The van der Waals surface area contributed by atoms with Crippen LogP contribution in [0.1, 0.15) is 11.3 Å². The molecule has 1 aromatic heterocycles. The summed E-state index contributed by atoms with van der Waals surface area (Å²) in [6.45, 7) is 0.577. The standard InChI is InChI=1S/C23H20N2O2S2/c1-24-18-9-7-17(8-10-18)20-12-11-19(27-20)15-21-22(26)25(23(28)29-21)14-13-16-5-3-2-4-6-16/h2-12,15,24H,13-14H2,1H3/b21-15-. The Balaban J connectivity index is 1.46. The zero-order valence-electron chi connectivity index (χ0n) is 15.9. The predicted molar refractivity (Wildman–Crippen MR) is 124 cm³/mol. The normalized spacial score (nSPS) is 15.3. The van der Waals surface area contributed by atoms with Crippen molar-refractivity contribution >= 4 is 46.0 Å². The second-order valence-electron chi connectivity index (χ2n) is 6.60. The highest BCUT2D eigenvalue weighted by Gasteiger charge is 2.31. The molecular weight excluding hydrogens is 400 g/mol. The summed E-state index contributed by atoms with van der Waals surface area (Å²) in [5.41, 5.74) is 3.21. The molecule has 0 spiro atoms. The second kappa shape index (κ2) is 8.68. The number of thioether (sulfide) groups is 1.